The molecule has 0 aliphatic carbocycles. The van der Waals surface area contributed by atoms with E-state index < -0.39 is 29.3 Å². The number of ether oxygens (including phenoxy) is 1. The summed E-state index contributed by atoms with van der Waals surface area (Å²) >= 11 is 0. The molecule has 3 rings (SSSR count). The van der Waals surface area contributed by atoms with Gasteiger partial charge in [-0.05, 0) is 57.7 Å². The predicted octanol–water partition coefficient (Wildman–Crippen LogP) is 3.52. The third-order valence-corrected chi connectivity index (χ3v) is 5.36. The number of rotatable bonds is 7. The summed E-state index contributed by atoms with van der Waals surface area (Å²) in [6.07, 6.45) is 0.666. The Balaban J connectivity index is 2.10. The average molecular weight is 426 g/mol. The number of aliphatic hydroxyl groups excluding tert-OH is 1. The summed E-state index contributed by atoms with van der Waals surface area (Å²) in [7, 11) is 5.21. The summed E-state index contributed by atoms with van der Waals surface area (Å²) in [4.78, 5) is 29.3. The molecule has 1 heterocycles. The van der Waals surface area contributed by atoms with Crippen LogP contribution in [0.3, 0.4) is 0 Å². The van der Waals surface area contributed by atoms with Crippen molar-refractivity contribution in [3.63, 3.8) is 0 Å². The molecule has 1 aliphatic rings. The van der Waals surface area contributed by atoms with Gasteiger partial charge >= 0.3 is 0 Å². The molecule has 2 aromatic carbocycles. The topological polar surface area (TPSA) is 70.1 Å². The zero-order valence-electron chi connectivity index (χ0n) is 18.2. The van der Waals surface area contributed by atoms with Crippen LogP contribution in [0.1, 0.15) is 29.2 Å². The number of carbonyl (C=O) groups excluding carboxylic acids is 2. The molecule has 0 spiro atoms. The van der Waals surface area contributed by atoms with Crippen LogP contribution in [-0.2, 0) is 9.59 Å². The van der Waals surface area contributed by atoms with Gasteiger partial charge in [-0.1, -0.05) is 29.8 Å². The summed E-state index contributed by atoms with van der Waals surface area (Å²) in [5, 5.41) is 11.0. The molecular formula is C24H27FN2O4. The molecule has 2 aromatic rings. The summed E-state index contributed by atoms with van der Waals surface area (Å²) in [5.74, 6) is -2.49. The number of hydrogen-bond acceptors (Lipinski definition) is 5. The highest BCUT2D eigenvalue weighted by atomic mass is 19.1. The number of aliphatic hydroxyl groups is 1. The summed E-state index contributed by atoms with van der Waals surface area (Å²) in [6.45, 7) is 3.04. The second kappa shape index (κ2) is 9.31. The third-order valence-electron chi connectivity index (χ3n) is 5.36. The molecule has 7 heteroatoms. The first-order chi connectivity index (χ1) is 14.7. The molecule has 1 atom stereocenters. The molecule has 164 valence electrons. The first-order valence-corrected chi connectivity index (χ1v) is 10.1. The van der Waals surface area contributed by atoms with Crippen molar-refractivity contribution in [2.24, 2.45) is 0 Å². The van der Waals surface area contributed by atoms with Gasteiger partial charge in [0.25, 0.3) is 11.7 Å². The van der Waals surface area contributed by atoms with Gasteiger partial charge in [0, 0.05) is 12.1 Å². The molecule has 1 aliphatic heterocycles. The highest BCUT2D eigenvalue weighted by molar-refractivity contribution is 6.46. The highest BCUT2D eigenvalue weighted by Gasteiger charge is 2.45. The molecular weight excluding hydrogens is 399 g/mol. The van der Waals surface area contributed by atoms with Crippen molar-refractivity contribution in [3.8, 4) is 5.75 Å². The van der Waals surface area contributed by atoms with Crippen LogP contribution in [0.15, 0.2) is 48.0 Å². The maximum atomic E-state index is 14.2. The molecule has 6 nitrogen and oxygen atoms in total. The first kappa shape index (κ1) is 22.5. The number of halogens is 1. The van der Waals surface area contributed by atoms with Crippen molar-refractivity contribution in [3.05, 3.63) is 70.5 Å². The number of hydrogen-bond donors (Lipinski definition) is 1. The number of methoxy groups -OCH3 is 1. The van der Waals surface area contributed by atoms with E-state index in [9.17, 15) is 19.1 Å². The second-order valence-corrected chi connectivity index (χ2v) is 7.91. The van der Waals surface area contributed by atoms with E-state index in [0.717, 1.165) is 18.2 Å². The van der Waals surface area contributed by atoms with Crippen molar-refractivity contribution in [2.75, 3.05) is 34.3 Å². The molecule has 1 saturated heterocycles. The number of aryl methyl sites for hydroxylation is 1. The zero-order valence-corrected chi connectivity index (χ0v) is 18.2. The number of amides is 1. The van der Waals surface area contributed by atoms with Gasteiger partial charge in [0.2, 0.25) is 0 Å². The van der Waals surface area contributed by atoms with Gasteiger partial charge in [-0.3, -0.25) is 9.59 Å². The fourth-order valence-corrected chi connectivity index (χ4v) is 3.73. The Hall–Kier alpha value is -3.19. The molecule has 0 bridgehead atoms. The van der Waals surface area contributed by atoms with E-state index in [1.807, 2.05) is 50.2 Å². The van der Waals surface area contributed by atoms with Crippen molar-refractivity contribution < 1.29 is 23.8 Å². The lowest BCUT2D eigenvalue weighted by Crippen LogP contribution is -2.32. The van der Waals surface area contributed by atoms with Crippen LogP contribution in [0.5, 0.6) is 5.75 Å². The summed E-state index contributed by atoms with van der Waals surface area (Å²) in [5.41, 5.74) is 1.82. The number of likely N-dealkylation sites (tertiary alicyclic amines) is 1. The highest BCUT2D eigenvalue weighted by Crippen LogP contribution is 2.39. The van der Waals surface area contributed by atoms with Crippen LogP contribution in [0.25, 0.3) is 5.76 Å². The molecule has 1 N–H and O–H groups in total. The molecule has 0 aromatic heterocycles. The van der Waals surface area contributed by atoms with Gasteiger partial charge in [-0.25, -0.2) is 4.39 Å². The van der Waals surface area contributed by atoms with E-state index in [1.54, 1.807) is 0 Å². The van der Waals surface area contributed by atoms with Gasteiger partial charge in [0.05, 0.1) is 18.7 Å². The van der Waals surface area contributed by atoms with Gasteiger partial charge in [0.15, 0.2) is 11.6 Å². The molecule has 0 radical (unpaired) electrons. The lowest BCUT2D eigenvalue weighted by atomic mass is 9.94. The molecule has 31 heavy (non-hydrogen) atoms. The van der Waals surface area contributed by atoms with E-state index >= 15 is 0 Å². The van der Waals surface area contributed by atoms with E-state index in [-0.39, 0.29) is 16.9 Å². The quantitative estimate of drug-likeness (QED) is 0.417. The maximum Gasteiger partial charge on any atom is 0.295 e. The lowest BCUT2D eigenvalue weighted by molar-refractivity contribution is -0.139. The fourth-order valence-electron chi connectivity index (χ4n) is 3.73. The van der Waals surface area contributed by atoms with Crippen LogP contribution >= 0.6 is 0 Å². The minimum Gasteiger partial charge on any atom is -0.507 e. The Morgan fingerprint density at radius 2 is 1.84 bits per heavy atom. The monoisotopic (exact) mass is 426 g/mol. The van der Waals surface area contributed by atoms with Crippen LogP contribution in [-0.4, -0.2) is 60.9 Å². The van der Waals surface area contributed by atoms with Crippen LogP contribution in [0, 0.1) is 12.7 Å². The molecule has 1 unspecified atom stereocenters. The van der Waals surface area contributed by atoms with Gasteiger partial charge < -0.3 is 19.6 Å². The minimum absolute atomic E-state index is 0.0239. The van der Waals surface area contributed by atoms with E-state index in [2.05, 4.69) is 0 Å². The largest absolute Gasteiger partial charge is 0.507 e. The normalized spacial score (nSPS) is 18.1. The van der Waals surface area contributed by atoms with Crippen molar-refractivity contribution in [1.82, 2.24) is 9.80 Å². The van der Waals surface area contributed by atoms with Crippen molar-refractivity contribution in [2.45, 2.75) is 19.4 Å². The smallest absolute Gasteiger partial charge is 0.295 e. The Labute approximate surface area is 181 Å². The number of benzene rings is 2. The Morgan fingerprint density at radius 3 is 2.42 bits per heavy atom. The number of ketones is 1. The molecule has 0 saturated carbocycles. The SMILES string of the molecule is COc1ccc(C(O)=C2C(=O)C(=O)N(CCCN(C)C)C2c2ccc(C)cc2)cc1F. The maximum absolute atomic E-state index is 14.2. The van der Waals surface area contributed by atoms with Gasteiger partial charge in [-0.15, -0.1) is 0 Å². The predicted molar refractivity (Wildman–Crippen MR) is 116 cm³/mol. The number of Topliss-reactive ketones (excluding diaryl/α,β-unsaturated/α-hetero) is 1. The minimum atomic E-state index is -0.774. The standard InChI is InChI=1S/C24H27FN2O4/c1-15-6-8-16(9-7-15)21-20(22(28)17-10-11-19(31-4)18(25)14-17)23(29)24(30)27(21)13-5-12-26(2)3/h6-11,14,21,28H,5,12-13H2,1-4H3. The Kier molecular flexibility index (Phi) is 6.75. The number of carbonyl (C=O) groups is 2. The summed E-state index contributed by atoms with van der Waals surface area (Å²) in [6, 6.07) is 10.7. The van der Waals surface area contributed by atoms with E-state index in [0.29, 0.717) is 18.5 Å². The van der Waals surface area contributed by atoms with Gasteiger partial charge in [-0.2, -0.15) is 0 Å². The molecule has 1 fully saturated rings. The van der Waals surface area contributed by atoms with E-state index in [4.69, 9.17) is 4.74 Å². The van der Waals surface area contributed by atoms with E-state index in [1.165, 1.54) is 24.1 Å². The average Bonchev–Trinajstić information content (AvgIpc) is 2.98. The van der Waals surface area contributed by atoms with Crippen LogP contribution in [0.2, 0.25) is 0 Å². The number of nitrogens with zero attached hydrogens (tertiary/aromatic N) is 2. The zero-order chi connectivity index (χ0) is 22.7. The van der Waals surface area contributed by atoms with Crippen LogP contribution < -0.4 is 4.74 Å². The summed E-state index contributed by atoms with van der Waals surface area (Å²) < 4.78 is 19.1. The first-order valence-electron chi connectivity index (χ1n) is 10.1. The molecule has 1 amide bonds. The van der Waals surface area contributed by atoms with Crippen molar-refractivity contribution in [1.29, 1.82) is 0 Å². The Bertz CT molecular complexity index is 1010. The fraction of sp³-hybridized carbons (Fsp3) is 0.333. The van der Waals surface area contributed by atoms with Crippen molar-refractivity contribution >= 4 is 17.4 Å². The lowest BCUT2D eigenvalue weighted by Gasteiger charge is -2.26. The second-order valence-electron chi connectivity index (χ2n) is 7.91. The van der Waals surface area contributed by atoms with Gasteiger partial charge in [0.1, 0.15) is 5.76 Å². The third kappa shape index (κ3) is 4.61. The van der Waals surface area contributed by atoms with Crippen LogP contribution in [0.4, 0.5) is 4.39 Å². The Morgan fingerprint density at radius 1 is 1.16 bits per heavy atom.